The molecule has 1 amide bonds. The van der Waals surface area contributed by atoms with Crippen LogP contribution in [0, 0.1) is 27.4 Å². The molecule has 4 aliphatic heterocycles. The molecule has 9 rings (SSSR count). The fraction of sp³-hybridized carbons (Fsp3) is 0.418. The lowest BCUT2D eigenvalue weighted by atomic mass is 9.78. The van der Waals surface area contributed by atoms with Gasteiger partial charge < -0.3 is 54.3 Å². The van der Waals surface area contributed by atoms with E-state index in [4.69, 9.17) is 28.7 Å². The molecule has 37 heteroatoms. The maximum atomic E-state index is 13.8. The Balaban J connectivity index is 0.959. The number of aliphatic hydroxyl groups is 1. The van der Waals surface area contributed by atoms with Crippen LogP contribution in [0.15, 0.2) is 79.1 Å². The Labute approximate surface area is 523 Å². The zero-order valence-electron chi connectivity index (χ0n) is 50.4. The number of nitrogens with zero attached hydrogens (tertiary/aromatic N) is 3. The highest BCUT2D eigenvalue weighted by Gasteiger charge is 2.47. The van der Waals surface area contributed by atoms with Crippen LogP contribution in [0.5, 0.6) is 17.2 Å². The Morgan fingerprint density at radius 2 is 1.59 bits per heavy atom. The molecule has 8 atom stereocenters. The molecule has 1 saturated heterocycles. The number of anilines is 1. The van der Waals surface area contributed by atoms with E-state index in [1.165, 1.54) is 37.4 Å². The highest BCUT2D eigenvalue weighted by Crippen LogP contribution is 2.66. The molecule has 92 heavy (non-hydrogen) atoms. The van der Waals surface area contributed by atoms with E-state index >= 15 is 0 Å². The van der Waals surface area contributed by atoms with Gasteiger partial charge in [-0.05, 0) is 66.3 Å². The first-order chi connectivity index (χ1) is 42.3. The van der Waals surface area contributed by atoms with Gasteiger partial charge in [0.25, 0.3) is 37.4 Å². The summed E-state index contributed by atoms with van der Waals surface area (Å²) in [7, 11) is -26.2. The van der Waals surface area contributed by atoms with Crippen LogP contribution in [0.2, 0.25) is 0 Å². The predicted molar refractivity (Wildman–Crippen MR) is 322 cm³/mol. The number of ether oxygens (including phenoxy) is 4. The Bertz CT molecular complexity index is 4650. The molecule has 5 aromatic rings. The van der Waals surface area contributed by atoms with Crippen LogP contribution in [-0.2, 0) is 74.0 Å². The number of benzene rings is 4. The predicted octanol–water partition coefficient (Wildman–Crippen LogP) is 4.77. The van der Waals surface area contributed by atoms with E-state index in [0.717, 1.165) is 16.8 Å². The summed E-state index contributed by atoms with van der Waals surface area (Å²) in [6.45, 7) is 14.1. The van der Waals surface area contributed by atoms with Gasteiger partial charge in [-0.15, -0.1) is 0 Å². The zero-order valence-corrected chi connectivity index (χ0v) is 54.7. The van der Waals surface area contributed by atoms with Gasteiger partial charge in [0.2, 0.25) is 0 Å². The molecule has 1 aromatic heterocycles. The fourth-order valence-corrected chi connectivity index (χ4v) is 15.7. The van der Waals surface area contributed by atoms with Gasteiger partial charge >= 0.3 is 29.2 Å². The van der Waals surface area contributed by atoms with Crippen LogP contribution in [0.25, 0.3) is 5.57 Å². The van der Waals surface area contributed by atoms with E-state index in [0.29, 0.717) is 16.7 Å². The summed E-state index contributed by atoms with van der Waals surface area (Å²) < 4.78 is 147. The summed E-state index contributed by atoms with van der Waals surface area (Å²) >= 11 is 0. The molecule has 0 radical (unpaired) electrons. The van der Waals surface area contributed by atoms with Gasteiger partial charge in [-0.25, -0.2) is 18.5 Å². The number of nitrogens with one attached hydrogen (secondary N) is 3. The number of methoxy groups -OCH3 is 1. The molecule has 496 valence electrons. The van der Waals surface area contributed by atoms with Crippen molar-refractivity contribution in [1.29, 1.82) is 0 Å². The minimum absolute atomic E-state index is 0.0108. The van der Waals surface area contributed by atoms with Crippen LogP contribution in [0.1, 0.15) is 130 Å². The number of fused-ring (bicyclic) bond motifs is 4. The standard InChI is InChI=1S/C55H63N6O26P3S2/c1-26-54(6,7)35-19-33-42(34-20-36-44(58-27(2)55(36,8)9)48(92(78,79)80)46(34)85-45(33)47(43(35)57-26)91(75,76)77)28-13-15-29(16-14-28)50(63)56-17-11-12-30-18-37(61(66)67)32(21-39(30)81-10)49(53(3,4)5)82-24-31-23-60(52(65)59-51(31)64)41-22-38(62)40(84-41)25-83-89(71,72)87-90(73,74)86-88(68,69)70/h13-16,18-21,23,26-27,38,40-41,49,57,62H,17,22,24-25H2,1-10H3,(H,56,63)(H,71,72)(H,73,74)(H,59,64,65)(H2,68,69,70)(H,75,76,77)(H,78,79,80)/t26?,27?,38-,40+,41+,49+/m0/s1. The summed E-state index contributed by atoms with van der Waals surface area (Å²) in [5.74, 6) is 4.06. The lowest BCUT2D eigenvalue weighted by Crippen LogP contribution is -2.35. The van der Waals surface area contributed by atoms with Crippen molar-refractivity contribution in [3.05, 3.63) is 141 Å². The number of phosphoric acid groups is 3. The topological polar surface area (TPSA) is 477 Å². The third-order valence-electron chi connectivity index (χ3n) is 16.3. The molecular weight excluding hydrogens is 1320 g/mol. The number of nitro benzene ring substituents is 1. The van der Waals surface area contributed by atoms with Crippen molar-refractivity contribution < 1.29 is 106 Å². The van der Waals surface area contributed by atoms with Crippen LogP contribution in [-0.4, -0.2) is 116 Å². The number of aromatic nitrogens is 2. The SMILES string of the molecule is COc1cc([C@@H](OCc2cn([C@H]3C[C@H](O)[C@@H](COP(=O)(O)OP(=O)(O)OP(=O)(O)O)O3)c(=O)[nH]c2=O)C(C)(C)C)c([N+](=O)[O-])cc1C#CCNC(=O)c1ccc(C2=c3cc4c(c(S(=O)(=O)O)c3Oc3c2cc2c(c3S(=O)(=O)O)NC(C)C2(C)C)=NC(C)C4(C)C)cc1. The number of hydrogen-bond donors (Lipinski definition) is 10. The highest BCUT2D eigenvalue weighted by molar-refractivity contribution is 7.86. The quantitative estimate of drug-likeness (QED) is 0.0172. The minimum Gasteiger partial charge on any atom is -0.495 e. The van der Waals surface area contributed by atoms with Gasteiger partial charge in [0.05, 0.1) is 77.8 Å². The molecule has 32 nitrogen and oxygen atoms in total. The summed E-state index contributed by atoms with van der Waals surface area (Å²) in [5, 5.41) is 29.3. The number of phosphoric ester groups is 1. The van der Waals surface area contributed by atoms with Gasteiger partial charge in [0.1, 0.15) is 18.1 Å². The summed E-state index contributed by atoms with van der Waals surface area (Å²) in [6, 6.07) is 10.9. The maximum Gasteiger partial charge on any atom is 0.490 e. The van der Waals surface area contributed by atoms with Crippen molar-refractivity contribution in [1.82, 2.24) is 14.9 Å². The van der Waals surface area contributed by atoms with E-state index in [2.05, 4.69) is 45.6 Å². The van der Waals surface area contributed by atoms with Crippen LogP contribution in [0.3, 0.4) is 0 Å². The third kappa shape index (κ3) is 13.9. The number of hydrogen-bond acceptors (Lipinski definition) is 22. The second kappa shape index (κ2) is 24.5. The largest absolute Gasteiger partial charge is 0.495 e. The monoisotopic (exact) mass is 1380 g/mol. The van der Waals surface area contributed by atoms with Crippen LogP contribution < -0.4 is 41.9 Å². The van der Waals surface area contributed by atoms with Gasteiger partial charge in [0.15, 0.2) is 21.3 Å². The second-order valence-electron chi connectivity index (χ2n) is 24.2. The van der Waals surface area contributed by atoms with Crippen molar-refractivity contribution in [2.45, 2.75) is 133 Å². The van der Waals surface area contributed by atoms with E-state index in [9.17, 15) is 79.0 Å². The van der Waals surface area contributed by atoms with E-state index in [-0.39, 0.29) is 68.0 Å². The lowest BCUT2D eigenvalue weighted by molar-refractivity contribution is -0.386. The maximum absolute atomic E-state index is 13.8. The lowest BCUT2D eigenvalue weighted by Gasteiger charge is -2.31. The molecule has 4 aliphatic rings. The molecule has 0 bridgehead atoms. The number of nitro groups is 1. The Hall–Kier alpha value is -6.83. The van der Waals surface area contributed by atoms with E-state index in [1.807, 2.05) is 34.6 Å². The molecule has 10 N–H and O–H groups in total. The van der Waals surface area contributed by atoms with Crippen LogP contribution in [0.4, 0.5) is 11.4 Å². The normalized spacial score (nSPS) is 21.3. The Morgan fingerprint density at radius 3 is 2.18 bits per heavy atom. The van der Waals surface area contributed by atoms with E-state index < -0.39 is 159 Å². The number of H-pyrrole nitrogens is 1. The number of carbonyl (C=O) groups is 1. The Morgan fingerprint density at radius 1 is 0.935 bits per heavy atom. The summed E-state index contributed by atoms with van der Waals surface area (Å²) in [4.78, 5) is 94.3. The van der Waals surface area contributed by atoms with Crippen molar-refractivity contribution in [2.75, 3.05) is 25.6 Å². The van der Waals surface area contributed by atoms with Crippen molar-refractivity contribution in [3.63, 3.8) is 0 Å². The smallest absolute Gasteiger partial charge is 0.490 e. The van der Waals surface area contributed by atoms with Crippen LogP contribution >= 0.6 is 23.5 Å². The Kier molecular flexibility index (Phi) is 18.5. The molecule has 4 aromatic carbocycles. The molecule has 5 heterocycles. The molecule has 0 aliphatic carbocycles. The van der Waals surface area contributed by atoms with Crippen molar-refractivity contribution in [3.8, 4) is 29.1 Å². The average Bonchev–Trinajstić information content (AvgIpc) is 1.13. The molecule has 0 spiro atoms. The van der Waals surface area contributed by atoms with Gasteiger partial charge in [-0.3, -0.25) is 47.9 Å². The van der Waals surface area contributed by atoms with Gasteiger partial charge in [0, 0.05) is 57.5 Å². The minimum atomic E-state index is -5.88. The summed E-state index contributed by atoms with van der Waals surface area (Å²) in [6.07, 6.45) is -5.12. The van der Waals surface area contributed by atoms with Crippen molar-refractivity contribution in [2.24, 2.45) is 10.4 Å². The first-order valence-electron chi connectivity index (χ1n) is 27.6. The average molecular weight is 1380 g/mol. The molecule has 0 saturated carbocycles. The van der Waals surface area contributed by atoms with Gasteiger partial charge in [-0.1, -0.05) is 72.4 Å². The second-order valence-corrected chi connectivity index (χ2v) is 31.3. The number of rotatable bonds is 19. The number of aromatic amines is 1. The fourth-order valence-electron chi connectivity index (χ4n) is 11.1. The number of aliphatic hydroxyl groups excluding tert-OH is 1. The molecular formula is C55H63N6O26P3S2. The third-order valence-corrected chi connectivity index (χ3v) is 21.9. The highest BCUT2D eigenvalue weighted by atomic mass is 32.2. The first-order valence-corrected chi connectivity index (χ1v) is 35.0. The molecule has 1 fully saturated rings. The number of amides is 1. The first kappa shape index (κ1) is 69.5. The molecule has 4 unspecified atom stereocenters. The van der Waals surface area contributed by atoms with Crippen molar-refractivity contribution >= 4 is 66.6 Å². The van der Waals surface area contributed by atoms with Gasteiger partial charge in [-0.2, -0.15) is 25.5 Å². The number of carbonyl (C=O) groups excluding carboxylic acids is 1. The van der Waals surface area contributed by atoms with E-state index in [1.54, 1.807) is 39.8 Å². The summed E-state index contributed by atoms with van der Waals surface area (Å²) in [5.41, 5.74) is -3.47. The zero-order chi connectivity index (χ0) is 68.1.